The summed E-state index contributed by atoms with van der Waals surface area (Å²) in [5.74, 6) is 0.114. The van der Waals surface area contributed by atoms with Crippen LogP contribution in [0, 0.1) is 0 Å². The highest BCUT2D eigenvalue weighted by Crippen LogP contribution is 2.24. The lowest BCUT2D eigenvalue weighted by Gasteiger charge is -2.42. The summed E-state index contributed by atoms with van der Waals surface area (Å²) in [6.07, 6.45) is 2.41. The third-order valence-corrected chi connectivity index (χ3v) is 4.21. The number of benzene rings is 1. The van der Waals surface area contributed by atoms with Crippen molar-refractivity contribution in [2.45, 2.75) is 38.3 Å². The Labute approximate surface area is 127 Å². The van der Waals surface area contributed by atoms with E-state index in [0.717, 1.165) is 32.5 Å². The second kappa shape index (κ2) is 7.57. The zero-order chi connectivity index (χ0) is 15.1. The van der Waals surface area contributed by atoms with Crippen LogP contribution in [0.1, 0.15) is 31.7 Å². The third-order valence-electron chi connectivity index (χ3n) is 4.21. The Kier molecular flexibility index (Phi) is 5.76. The number of carbonyl (C=O) groups excluding carboxylic acids is 1. The second-order valence-corrected chi connectivity index (χ2v) is 5.88. The molecule has 1 aliphatic heterocycles. The van der Waals surface area contributed by atoms with E-state index in [9.17, 15) is 4.79 Å². The first kappa shape index (κ1) is 16.0. The van der Waals surface area contributed by atoms with Crippen LogP contribution < -0.4 is 5.32 Å². The predicted molar refractivity (Wildman–Crippen MR) is 84.0 cm³/mol. The van der Waals surface area contributed by atoms with Crippen molar-refractivity contribution in [2.24, 2.45) is 0 Å². The molecule has 1 amide bonds. The van der Waals surface area contributed by atoms with Gasteiger partial charge >= 0.3 is 0 Å². The largest absolute Gasteiger partial charge is 0.382 e. The first-order valence-electron chi connectivity index (χ1n) is 7.74. The molecule has 0 atom stereocenters. The highest BCUT2D eigenvalue weighted by molar-refractivity contribution is 5.76. The zero-order valence-corrected chi connectivity index (χ0v) is 13.1. The van der Waals surface area contributed by atoms with Gasteiger partial charge in [0.2, 0.25) is 5.91 Å². The van der Waals surface area contributed by atoms with Gasteiger partial charge < -0.3 is 10.1 Å². The smallest absolute Gasteiger partial charge is 0.220 e. The van der Waals surface area contributed by atoms with E-state index in [1.54, 1.807) is 7.11 Å². The molecule has 0 radical (unpaired) electrons. The minimum Gasteiger partial charge on any atom is -0.382 e. The molecule has 0 spiro atoms. The molecule has 116 valence electrons. The molecule has 21 heavy (non-hydrogen) atoms. The molecular weight excluding hydrogens is 264 g/mol. The first-order chi connectivity index (χ1) is 10.2. The van der Waals surface area contributed by atoms with Crippen LogP contribution in [-0.2, 0) is 16.1 Å². The fraction of sp³-hybridized carbons (Fsp3) is 0.588. The van der Waals surface area contributed by atoms with Crippen LogP contribution in [0.3, 0.4) is 0 Å². The maximum atomic E-state index is 11.8. The zero-order valence-electron chi connectivity index (χ0n) is 13.1. The van der Waals surface area contributed by atoms with Crippen LogP contribution in [-0.4, -0.2) is 43.2 Å². The molecule has 4 nitrogen and oxygen atoms in total. The minimum absolute atomic E-state index is 0.114. The lowest BCUT2D eigenvalue weighted by Crippen LogP contribution is -2.57. The normalized spacial score (nSPS) is 18.4. The molecule has 1 aromatic carbocycles. The van der Waals surface area contributed by atoms with E-state index >= 15 is 0 Å². The summed E-state index contributed by atoms with van der Waals surface area (Å²) in [5.41, 5.74) is 1.16. The maximum absolute atomic E-state index is 11.8. The molecule has 1 aromatic rings. The van der Waals surface area contributed by atoms with Gasteiger partial charge in [0.05, 0.1) is 12.1 Å². The molecule has 1 heterocycles. The molecule has 4 heteroatoms. The van der Waals surface area contributed by atoms with Crippen LogP contribution in [0.15, 0.2) is 30.3 Å². The summed E-state index contributed by atoms with van der Waals surface area (Å²) in [5, 5.41) is 3.18. The summed E-state index contributed by atoms with van der Waals surface area (Å²) in [6.45, 7) is 5.44. The van der Waals surface area contributed by atoms with Crippen LogP contribution in [0.5, 0.6) is 0 Å². The number of nitrogens with zero attached hydrogens (tertiary/aromatic N) is 1. The minimum atomic E-state index is -0.185. The Morgan fingerprint density at radius 1 is 1.29 bits per heavy atom. The standard InChI is InChI=1S/C17H26N2O2/c1-3-16(20)18-17(14-21-2)9-11-19(12-10-17)13-15-7-5-4-6-8-15/h4-8H,3,9-14H2,1-2H3,(H,18,20). The van der Waals surface area contributed by atoms with Crippen LogP contribution >= 0.6 is 0 Å². The number of piperidine rings is 1. The van der Waals surface area contributed by atoms with Gasteiger partial charge in [-0.25, -0.2) is 0 Å². The molecule has 0 saturated carbocycles. The first-order valence-corrected chi connectivity index (χ1v) is 7.74. The molecule has 0 bridgehead atoms. The van der Waals surface area contributed by atoms with Crippen molar-refractivity contribution in [2.75, 3.05) is 26.8 Å². The summed E-state index contributed by atoms with van der Waals surface area (Å²) in [6, 6.07) is 10.5. The predicted octanol–water partition coefficient (Wildman–Crippen LogP) is 2.19. The number of nitrogens with one attached hydrogen (secondary N) is 1. The maximum Gasteiger partial charge on any atom is 0.220 e. The highest BCUT2D eigenvalue weighted by atomic mass is 16.5. The SMILES string of the molecule is CCC(=O)NC1(COC)CCN(Cc2ccccc2)CC1. The van der Waals surface area contributed by atoms with Crippen molar-refractivity contribution in [1.29, 1.82) is 0 Å². The molecule has 1 aliphatic rings. The number of methoxy groups -OCH3 is 1. The van der Waals surface area contributed by atoms with E-state index in [0.29, 0.717) is 13.0 Å². The van der Waals surface area contributed by atoms with Crippen molar-refractivity contribution < 1.29 is 9.53 Å². The lowest BCUT2D eigenvalue weighted by atomic mass is 9.87. The third kappa shape index (κ3) is 4.55. The van der Waals surface area contributed by atoms with E-state index in [4.69, 9.17) is 4.74 Å². The average Bonchev–Trinajstić information content (AvgIpc) is 2.51. The highest BCUT2D eigenvalue weighted by Gasteiger charge is 2.35. The van der Waals surface area contributed by atoms with Crippen LogP contribution in [0.2, 0.25) is 0 Å². The van der Waals surface area contributed by atoms with Gasteiger partial charge in [0, 0.05) is 33.2 Å². The van der Waals surface area contributed by atoms with Gasteiger partial charge in [-0.05, 0) is 18.4 Å². The van der Waals surface area contributed by atoms with E-state index in [2.05, 4.69) is 34.5 Å². The second-order valence-electron chi connectivity index (χ2n) is 5.88. The van der Waals surface area contributed by atoms with Gasteiger partial charge in [-0.2, -0.15) is 0 Å². The van der Waals surface area contributed by atoms with Gasteiger partial charge in [0.25, 0.3) is 0 Å². The summed E-state index contributed by atoms with van der Waals surface area (Å²) < 4.78 is 5.35. The number of carbonyl (C=O) groups is 1. The topological polar surface area (TPSA) is 41.6 Å². The van der Waals surface area contributed by atoms with Crippen LogP contribution in [0.4, 0.5) is 0 Å². The molecule has 0 aromatic heterocycles. The number of hydrogen-bond donors (Lipinski definition) is 1. The fourth-order valence-electron chi connectivity index (χ4n) is 2.95. The Balaban J connectivity index is 1.91. The van der Waals surface area contributed by atoms with Gasteiger partial charge in [0.15, 0.2) is 0 Å². The van der Waals surface area contributed by atoms with Crippen molar-refractivity contribution in [3.8, 4) is 0 Å². The lowest BCUT2D eigenvalue weighted by molar-refractivity contribution is -0.124. The Bertz CT molecular complexity index is 439. The number of likely N-dealkylation sites (tertiary alicyclic amines) is 1. The number of amides is 1. The summed E-state index contributed by atoms with van der Waals surface area (Å²) >= 11 is 0. The van der Waals surface area contributed by atoms with Crippen molar-refractivity contribution in [3.63, 3.8) is 0 Å². The monoisotopic (exact) mass is 290 g/mol. The molecule has 0 aliphatic carbocycles. The fourth-order valence-corrected chi connectivity index (χ4v) is 2.95. The van der Waals surface area contributed by atoms with Crippen molar-refractivity contribution in [3.05, 3.63) is 35.9 Å². The molecule has 1 N–H and O–H groups in total. The summed E-state index contributed by atoms with van der Waals surface area (Å²) in [4.78, 5) is 14.2. The van der Waals surface area contributed by atoms with E-state index in [-0.39, 0.29) is 11.4 Å². The quantitative estimate of drug-likeness (QED) is 0.873. The van der Waals surface area contributed by atoms with Crippen LogP contribution in [0.25, 0.3) is 0 Å². The Morgan fingerprint density at radius 2 is 1.95 bits per heavy atom. The van der Waals surface area contributed by atoms with E-state index < -0.39 is 0 Å². The molecule has 2 rings (SSSR count). The van der Waals surface area contributed by atoms with Gasteiger partial charge in [-0.15, -0.1) is 0 Å². The molecule has 1 saturated heterocycles. The van der Waals surface area contributed by atoms with Gasteiger partial charge in [0.1, 0.15) is 0 Å². The Hall–Kier alpha value is -1.39. The van der Waals surface area contributed by atoms with Crippen molar-refractivity contribution in [1.82, 2.24) is 10.2 Å². The summed E-state index contributed by atoms with van der Waals surface area (Å²) in [7, 11) is 1.70. The molecule has 0 unspecified atom stereocenters. The molecule has 1 fully saturated rings. The number of ether oxygens (including phenoxy) is 1. The van der Waals surface area contributed by atoms with Gasteiger partial charge in [-0.3, -0.25) is 9.69 Å². The van der Waals surface area contributed by atoms with Gasteiger partial charge in [-0.1, -0.05) is 37.3 Å². The number of rotatable bonds is 6. The Morgan fingerprint density at radius 3 is 2.52 bits per heavy atom. The molecular formula is C17H26N2O2. The van der Waals surface area contributed by atoms with E-state index in [1.807, 2.05) is 13.0 Å². The number of hydrogen-bond acceptors (Lipinski definition) is 3. The van der Waals surface area contributed by atoms with Crippen molar-refractivity contribution >= 4 is 5.91 Å². The van der Waals surface area contributed by atoms with E-state index in [1.165, 1.54) is 5.56 Å². The average molecular weight is 290 g/mol.